The average Bonchev–Trinajstić information content (AvgIpc) is 3.05. The number of piperidine rings is 1. The highest BCUT2D eigenvalue weighted by atomic mass is 32.1. The van der Waals surface area contributed by atoms with Crippen LogP contribution in [-0.2, 0) is 11.3 Å². The van der Waals surface area contributed by atoms with Crippen LogP contribution in [0.5, 0.6) is 0 Å². The van der Waals surface area contributed by atoms with Crippen LogP contribution in [0.25, 0.3) is 0 Å². The molecule has 2 heterocycles. The molecule has 1 aliphatic rings. The van der Waals surface area contributed by atoms with Gasteiger partial charge in [-0.2, -0.15) is 11.3 Å². The fraction of sp³-hybridized carbons (Fsp3) is 0.737. The van der Waals surface area contributed by atoms with Crippen molar-refractivity contribution in [3.63, 3.8) is 0 Å². The first-order valence-corrected chi connectivity index (χ1v) is 10.2. The van der Waals surface area contributed by atoms with Crippen molar-refractivity contribution in [2.24, 2.45) is 0 Å². The summed E-state index contributed by atoms with van der Waals surface area (Å²) in [6.07, 6.45) is 3.00. The third-order valence-corrected chi connectivity index (χ3v) is 5.29. The lowest BCUT2D eigenvalue weighted by Crippen LogP contribution is -2.46. The van der Waals surface area contributed by atoms with Crippen LogP contribution in [-0.4, -0.2) is 48.3 Å². The van der Waals surface area contributed by atoms with Gasteiger partial charge in [0, 0.05) is 25.2 Å². The lowest BCUT2D eigenvalue weighted by Gasteiger charge is -2.36. The number of nitrogens with zero attached hydrogens (tertiary/aromatic N) is 1. The van der Waals surface area contributed by atoms with Crippen molar-refractivity contribution in [2.45, 2.75) is 71.2 Å². The summed E-state index contributed by atoms with van der Waals surface area (Å²) >= 11 is 1.76. The molecular weight excluding hydrogens is 334 g/mol. The minimum absolute atomic E-state index is 0.323. The van der Waals surface area contributed by atoms with Crippen LogP contribution in [0.1, 0.15) is 52.5 Å². The van der Waals surface area contributed by atoms with E-state index in [0.717, 1.165) is 26.1 Å². The van der Waals surface area contributed by atoms with Gasteiger partial charge in [-0.3, -0.25) is 0 Å². The lowest BCUT2D eigenvalue weighted by atomic mass is 10.0. The van der Waals surface area contributed by atoms with Crippen molar-refractivity contribution < 1.29 is 9.53 Å². The van der Waals surface area contributed by atoms with Crippen molar-refractivity contribution >= 4 is 17.4 Å². The van der Waals surface area contributed by atoms with Crippen LogP contribution in [0.2, 0.25) is 0 Å². The first-order valence-electron chi connectivity index (χ1n) is 9.29. The maximum atomic E-state index is 11.7. The van der Waals surface area contributed by atoms with Gasteiger partial charge in [0.2, 0.25) is 0 Å². The number of alkyl carbamates (subject to hydrolysis) is 1. The average molecular weight is 368 g/mol. The van der Waals surface area contributed by atoms with Gasteiger partial charge < -0.3 is 20.3 Å². The Bertz CT molecular complexity index is 505. The highest BCUT2D eigenvalue weighted by molar-refractivity contribution is 7.07. The molecule has 0 bridgehead atoms. The standard InChI is InChI=1S/C19H33N3O2S/c1-15(5-9-20-18(23)24-19(2,3)4)22-10-6-17(7-11-22)21-13-16-8-12-25-14-16/h8,12,14-15,17,21H,5-7,9-11,13H2,1-4H3,(H,20,23). The number of nitrogens with one attached hydrogen (secondary N) is 2. The third kappa shape index (κ3) is 7.75. The number of carbonyl (C=O) groups excluding carboxylic acids is 1. The SMILES string of the molecule is CC(CCNC(=O)OC(C)(C)C)N1CCC(NCc2ccsc2)CC1. The Labute approximate surface area is 156 Å². The fourth-order valence-corrected chi connectivity index (χ4v) is 3.75. The minimum Gasteiger partial charge on any atom is -0.444 e. The van der Waals surface area contributed by atoms with Gasteiger partial charge in [-0.1, -0.05) is 0 Å². The number of thiophene rings is 1. The molecule has 0 aromatic carbocycles. The summed E-state index contributed by atoms with van der Waals surface area (Å²) in [5, 5.41) is 10.9. The van der Waals surface area contributed by atoms with Gasteiger partial charge in [0.15, 0.2) is 0 Å². The van der Waals surface area contributed by atoms with Gasteiger partial charge in [0.25, 0.3) is 0 Å². The predicted molar refractivity (Wildman–Crippen MR) is 104 cm³/mol. The zero-order chi connectivity index (χ0) is 18.3. The summed E-state index contributed by atoms with van der Waals surface area (Å²) < 4.78 is 5.27. The summed E-state index contributed by atoms with van der Waals surface area (Å²) in [7, 11) is 0. The fourth-order valence-electron chi connectivity index (χ4n) is 3.08. The van der Waals surface area contributed by atoms with E-state index in [1.54, 1.807) is 11.3 Å². The van der Waals surface area contributed by atoms with Crippen molar-refractivity contribution in [3.05, 3.63) is 22.4 Å². The molecule has 0 spiro atoms. The summed E-state index contributed by atoms with van der Waals surface area (Å²) in [4.78, 5) is 14.2. The first-order chi connectivity index (χ1) is 11.8. The van der Waals surface area contributed by atoms with Crippen LogP contribution in [0.4, 0.5) is 4.79 Å². The lowest BCUT2D eigenvalue weighted by molar-refractivity contribution is 0.0520. The Morgan fingerprint density at radius 1 is 1.40 bits per heavy atom. The Morgan fingerprint density at radius 2 is 2.12 bits per heavy atom. The zero-order valence-corrected chi connectivity index (χ0v) is 16.8. The van der Waals surface area contributed by atoms with Crippen LogP contribution in [0, 0.1) is 0 Å². The molecule has 1 unspecified atom stereocenters. The van der Waals surface area contributed by atoms with E-state index in [0.29, 0.717) is 18.6 Å². The third-order valence-electron chi connectivity index (χ3n) is 4.56. The van der Waals surface area contributed by atoms with Gasteiger partial charge in [-0.25, -0.2) is 4.79 Å². The van der Waals surface area contributed by atoms with E-state index in [-0.39, 0.29) is 6.09 Å². The van der Waals surface area contributed by atoms with Gasteiger partial charge in [0.05, 0.1) is 0 Å². The van der Waals surface area contributed by atoms with Gasteiger partial charge >= 0.3 is 6.09 Å². The van der Waals surface area contributed by atoms with Gasteiger partial charge in [-0.05, 0) is 82.4 Å². The summed E-state index contributed by atoms with van der Waals surface area (Å²) in [6, 6.07) is 3.28. The molecule has 1 atom stereocenters. The molecule has 0 aliphatic carbocycles. The summed E-state index contributed by atoms with van der Waals surface area (Å²) in [6.45, 7) is 11.8. The molecule has 6 heteroatoms. The summed E-state index contributed by atoms with van der Waals surface area (Å²) in [5.74, 6) is 0. The Morgan fingerprint density at radius 3 is 2.72 bits per heavy atom. The second-order valence-electron chi connectivity index (χ2n) is 7.89. The van der Waals surface area contributed by atoms with E-state index in [1.165, 1.54) is 18.4 Å². The van der Waals surface area contributed by atoms with Crippen LogP contribution >= 0.6 is 11.3 Å². The van der Waals surface area contributed by atoms with Crippen molar-refractivity contribution in [1.29, 1.82) is 0 Å². The quantitative estimate of drug-likeness (QED) is 0.773. The minimum atomic E-state index is -0.437. The molecule has 142 valence electrons. The largest absolute Gasteiger partial charge is 0.444 e. The van der Waals surface area contributed by atoms with E-state index in [9.17, 15) is 4.79 Å². The van der Waals surface area contributed by atoms with Crippen molar-refractivity contribution in [1.82, 2.24) is 15.5 Å². The molecule has 1 amide bonds. The Hall–Kier alpha value is -1.11. The number of hydrogen-bond donors (Lipinski definition) is 2. The van der Waals surface area contributed by atoms with Crippen molar-refractivity contribution in [3.8, 4) is 0 Å². The Balaban J connectivity index is 1.59. The molecule has 1 saturated heterocycles. The summed E-state index contributed by atoms with van der Waals surface area (Å²) in [5.41, 5.74) is 0.946. The number of carbonyl (C=O) groups is 1. The predicted octanol–water partition coefficient (Wildman–Crippen LogP) is 3.61. The monoisotopic (exact) mass is 367 g/mol. The number of ether oxygens (including phenoxy) is 1. The van der Waals surface area contributed by atoms with Crippen LogP contribution in [0.3, 0.4) is 0 Å². The molecule has 25 heavy (non-hydrogen) atoms. The smallest absolute Gasteiger partial charge is 0.407 e. The molecule has 2 N–H and O–H groups in total. The molecule has 1 aromatic heterocycles. The van der Waals surface area contributed by atoms with Crippen molar-refractivity contribution in [2.75, 3.05) is 19.6 Å². The van der Waals surface area contributed by atoms with E-state index < -0.39 is 5.60 Å². The maximum absolute atomic E-state index is 11.7. The first kappa shape index (κ1) is 20.2. The molecule has 2 rings (SSSR count). The highest BCUT2D eigenvalue weighted by Crippen LogP contribution is 2.16. The van der Waals surface area contributed by atoms with Gasteiger partial charge in [0.1, 0.15) is 5.60 Å². The maximum Gasteiger partial charge on any atom is 0.407 e. The number of likely N-dealkylation sites (tertiary alicyclic amines) is 1. The molecule has 1 aromatic rings. The molecule has 0 saturated carbocycles. The zero-order valence-electron chi connectivity index (χ0n) is 16.0. The van der Waals surface area contributed by atoms with Gasteiger partial charge in [-0.15, -0.1) is 0 Å². The normalized spacial score (nSPS) is 18.1. The molecule has 1 aliphatic heterocycles. The molecule has 0 radical (unpaired) electrons. The van der Waals surface area contributed by atoms with E-state index >= 15 is 0 Å². The number of hydrogen-bond acceptors (Lipinski definition) is 5. The van der Waals surface area contributed by atoms with Crippen LogP contribution in [0.15, 0.2) is 16.8 Å². The number of amides is 1. The molecule has 5 nitrogen and oxygen atoms in total. The Kier molecular flexibility index (Phi) is 7.72. The topological polar surface area (TPSA) is 53.6 Å². The van der Waals surface area contributed by atoms with Crippen LogP contribution < -0.4 is 10.6 Å². The second-order valence-corrected chi connectivity index (χ2v) is 8.67. The van der Waals surface area contributed by atoms with E-state index in [4.69, 9.17) is 4.74 Å². The van der Waals surface area contributed by atoms with E-state index in [2.05, 4.69) is 39.3 Å². The highest BCUT2D eigenvalue weighted by Gasteiger charge is 2.22. The molecular formula is C19H33N3O2S. The second kappa shape index (κ2) is 9.55. The number of rotatable bonds is 7. The van der Waals surface area contributed by atoms with E-state index in [1.807, 2.05) is 20.8 Å². The molecule has 1 fully saturated rings.